The summed E-state index contributed by atoms with van der Waals surface area (Å²) in [6, 6.07) is 4.04. The maximum atomic E-state index is 4.43. The van der Waals surface area contributed by atoms with Crippen molar-refractivity contribution in [3.63, 3.8) is 0 Å². The van der Waals surface area contributed by atoms with Crippen LogP contribution in [0.15, 0.2) is 22.8 Å². The molecule has 1 aliphatic carbocycles. The SMILES string of the molecule is Brc1cccnc1N1CC2(CCCC2)C1. The second kappa shape index (κ2) is 3.48. The lowest BCUT2D eigenvalue weighted by atomic mass is 9.78. The zero-order valence-corrected chi connectivity index (χ0v) is 10.3. The minimum Gasteiger partial charge on any atom is -0.354 e. The fourth-order valence-corrected chi connectivity index (χ4v) is 3.47. The van der Waals surface area contributed by atoms with Crippen molar-refractivity contribution in [1.82, 2.24) is 4.98 Å². The van der Waals surface area contributed by atoms with Crippen LogP contribution in [0.1, 0.15) is 25.7 Å². The minimum atomic E-state index is 0.650. The van der Waals surface area contributed by atoms with Gasteiger partial charge in [-0.1, -0.05) is 12.8 Å². The van der Waals surface area contributed by atoms with Gasteiger partial charge < -0.3 is 4.90 Å². The molecule has 1 spiro atoms. The highest BCUT2D eigenvalue weighted by Crippen LogP contribution is 2.47. The first-order valence-electron chi connectivity index (χ1n) is 5.65. The van der Waals surface area contributed by atoms with Crippen LogP contribution in [0, 0.1) is 5.41 Å². The van der Waals surface area contributed by atoms with Crippen LogP contribution in [-0.2, 0) is 0 Å². The molecule has 0 atom stereocenters. The zero-order chi connectivity index (χ0) is 10.3. The first-order chi connectivity index (χ1) is 7.29. The number of halogens is 1. The van der Waals surface area contributed by atoms with Gasteiger partial charge in [0, 0.05) is 24.7 Å². The monoisotopic (exact) mass is 266 g/mol. The fourth-order valence-electron chi connectivity index (χ4n) is 2.96. The van der Waals surface area contributed by atoms with E-state index in [9.17, 15) is 0 Å². The molecule has 0 N–H and O–H groups in total. The molecule has 2 heterocycles. The second-order valence-electron chi connectivity index (χ2n) is 4.87. The topological polar surface area (TPSA) is 16.1 Å². The van der Waals surface area contributed by atoms with E-state index in [-0.39, 0.29) is 0 Å². The number of nitrogens with zero attached hydrogens (tertiary/aromatic N) is 2. The highest BCUT2D eigenvalue weighted by molar-refractivity contribution is 9.10. The van der Waals surface area contributed by atoms with Gasteiger partial charge >= 0.3 is 0 Å². The molecule has 2 aliphatic rings. The van der Waals surface area contributed by atoms with Crippen molar-refractivity contribution in [3.05, 3.63) is 22.8 Å². The summed E-state index contributed by atoms with van der Waals surface area (Å²) in [7, 11) is 0. The standard InChI is InChI=1S/C12H15BrN2/c13-10-4-3-7-14-11(10)15-8-12(9-15)5-1-2-6-12/h3-4,7H,1-2,5-6,8-9H2. The molecular weight excluding hydrogens is 252 g/mol. The van der Waals surface area contributed by atoms with E-state index in [0.717, 1.165) is 10.3 Å². The van der Waals surface area contributed by atoms with Crippen molar-refractivity contribution in [2.45, 2.75) is 25.7 Å². The van der Waals surface area contributed by atoms with Crippen LogP contribution >= 0.6 is 15.9 Å². The first-order valence-corrected chi connectivity index (χ1v) is 6.44. The molecule has 80 valence electrons. The molecule has 1 aromatic heterocycles. The predicted octanol–water partition coefficient (Wildman–Crippen LogP) is 3.22. The summed E-state index contributed by atoms with van der Waals surface area (Å²) in [4.78, 5) is 6.83. The van der Waals surface area contributed by atoms with Gasteiger partial charge in [0.05, 0.1) is 4.47 Å². The Hall–Kier alpha value is -0.570. The van der Waals surface area contributed by atoms with Gasteiger partial charge in [0.1, 0.15) is 5.82 Å². The Bertz CT molecular complexity index is 364. The molecule has 2 fully saturated rings. The summed E-state index contributed by atoms with van der Waals surface area (Å²) in [6.07, 6.45) is 7.58. The van der Waals surface area contributed by atoms with Crippen LogP contribution in [0.25, 0.3) is 0 Å². The third kappa shape index (κ3) is 1.57. The minimum absolute atomic E-state index is 0.650. The van der Waals surface area contributed by atoms with Crippen LogP contribution in [0.4, 0.5) is 5.82 Å². The average Bonchev–Trinajstić information content (AvgIpc) is 2.65. The number of hydrogen-bond donors (Lipinski definition) is 0. The molecule has 1 aromatic rings. The summed E-state index contributed by atoms with van der Waals surface area (Å²) < 4.78 is 1.12. The number of rotatable bonds is 1. The molecule has 0 radical (unpaired) electrons. The maximum Gasteiger partial charge on any atom is 0.142 e. The molecule has 0 bridgehead atoms. The van der Waals surface area contributed by atoms with Gasteiger partial charge in [-0.2, -0.15) is 0 Å². The van der Waals surface area contributed by atoms with Crippen LogP contribution in [0.5, 0.6) is 0 Å². The van der Waals surface area contributed by atoms with Gasteiger partial charge in [-0.25, -0.2) is 4.98 Å². The Morgan fingerprint density at radius 1 is 1.27 bits per heavy atom. The largest absolute Gasteiger partial charge is 0.354 e. The number of anilines is 1. The zero-order valence-electron chi connectivity index (χ0n) is 8.75. The van der Waals surface area contributed by atoms with Crippen molar-refractivity contribution < 1.29 is 0 Å². The van der Waals surface area contributed by atoms with E-state index in [0.29, 0.717) is 5.41 Å². The number of aromatic nitrogens is 1. The van der Waals surface area contributed by atoms with E-state index < -0.39 is 0 Å². The molecule has 0 amide bonds. The lowest BCUT2D eigenvalue weighted by Gasteiger charge is -2.49. The van der Waals surface area contributed by atoms with Crippen molar-refractivity contribution in [2.24, 2.45) is 5.41 Å². The quantitative estimate of drug-likeness (QED) is 0.776. The second-order valence-corrected chi connectivity index (χ2v) is 5.73. The van der Waals surface area contributed by atoms with Gasteiger partial charge in [0.2, 0.25) is 0 Å². The van der Waals surface area contributed by atoms with Crippen LogP contribution in [0.3, 0.4) is 0 Å². The van der Waals surface area contributed by atoms with Crippen LogP contribution < -0.4 is 4.90 Å². The highest BCUT2D eigenvalue weighted by atomic mass is 79.9. The summed E-state index contributed by atoms with van der Waals surface area (Å²) in [5.74, 6) is 1.12. The molecule has 0 aromatic carbocycles. The van der Waals surface area contributed by atoms with Gasteiger partial charge in [-0.15, -0.1) is 0 Å². The van der Waals surface area contributed by atoms with Crippen molar-refractivity contribution in [1.29, 1.82) is 0 Å². The van der Waals surface area contributed by atoms with E-state index in [1.807, 2.05) is 12.3 Å². The van der Waals surface area contributed by atoms with E-state index in [2.05, 4.69) is 31.9 Å². The molecule has 0 unspecified atom stereocenters. The lowest BCUT2D eigenvalue weighted by molar-refractivity contribution is 0.220. The van der Waals surface area contributed by atoms with E-state index in [1.165, 1.54) is 38.8 Å². The van der Waals surface area contributed by atoms with E-state index in [4.69, 9.17) is 0 Å². The van der Waals surface area contributed by atoms with Gasteiger partial charge in [0.25, 0.3) is 0 Å². The molecule has 3 heteroatoms. The average molecular weight is 267 g/mol. The smallest absolute Gasteiger partial charge is 0.142 e. The van der Waals surface area contributed by atoms with Gasteiger partial charge in [-0.05, 0) is 40.9 Å². The fraction of sp³-hybridized carbons (Fsp3) is 0.583. The van der Waals surface area contributed by atoms with E-state index in [1.54, 1.807) is 0 Å². The molecule has 2 nitrogen and oxygen atoms in total. The third-order valence-electron chi connectivity index (χ3n) is 3.76. The molecule has 1 saturated carbocycles. The van der Waals surface area contributed by atoms with Crippen molar-refractivity contribution >= 4 is 21.7 Å². The Labute approximate surface area is 98.8 Å². The summed E-state index contributed by atoms with van der Waals surface area (Å²) >= 11 is 3.56. The van der Waals surface area contributed by atoms with E-state index >= 15 is 0 Å². The molecule has 1 saturated heterocycles. The normalized spacial score (nSPS) is 23.1. The Morgan fingerprint density at radius 3 is 2.67 bits per heavy atom. The molecule has 3 rings (SSSR count). The Morgan fingerprint density at radius 2 is 2.00 bits per heavy atom. The molecule has 1 aliphatic heterocycles. The van der Waals surface area contributed by atoms with Gasteiger partial charge in [0.15, 0.2) is 0 Å². The summed E-state index contributed by atoms with van der Waals surface area (Å²) in [5, 5.41) is 0. The summed E-state index contributed by atoms with van der Waals surface area (Å²) in [5.41, 5.74) is 0.650. The Balaban J connectivity index is 1.75. The number of pyridine rings is 1. The number of hydrogen-bond acceptors (Lipinski definition) is 2. The van der Waals surface area contributed by atoms with Crippen molar-refractivity contribution in [2.75, 3.05) is 18.0 Å². The van der Waals surface area contributed by atoms with Crippen LogP contribution in [-0.4, -0.2) is 18.1 Å². The Kier molecular flexibility index (Phi) is 2.23. The van der Waals surface area contributed by atoms with Crippen molar-refractivity contribution in [3.8, 4) is 0 Å². The maximum absolute atomic E-state index is 4.43. The lowest BCUT2D eigenvalue weighted by Crippen LogP contribution is -2.55. The predicted molar refractivity (Wildman–Crippen MR) is 65.1 cm³/mol. The first kappa shape index (κ1) is 9.64. The molecule has 15 heavy (non-hydrogen) atoms. The van der Waals surface area contributed by atoms with Gasteiger partial charge in [-0.3, -0.25) is 0 Å². The third-order valence-corrected chi connectivity index (χ3v) is 4.37. The highest BCUT2D eigenvalue weighted by Gasteiger charge is 2.45. The molecular formula is C12H15BrN2. The summed E-state index contributed by atoms with van der Waals surface area (Å²) in [6.45, 7) is 2.42. The van der Waals surface area contributed by atoms with Crippen LogP contribution in [0.2, 0.25) is 0 Å².